The normalized spacial score (nSPS) is 10.5. The number of rotatable bonds is 4. The average Bonchev–Trinajstić information content (AvgIpc) is 2.69. The summed E-state index contributed by atoms with van der Waals surface area (Å²) in [5.41, 5.74) is 1.70. The number of ketones is 2. The van der Waals surface area contributed by atoms with Crippen LogP contribution in [0.3, 0.4) is 0 Å². The van der Waals surface area contributed by atoms with Gasteiger partial charge in [-0.15, -0.1) is 0 Å². The Bertz CT molecular complexity index is 629. The molecule has 0 unspecified atom stereocenters. The molecular weight excluding hydrogens is 308 g/mol. The maximum atomic E-state index is 12.0. The Labute approximate surface area is 119 Å². The second-order valence-electron chi connectivity index (χ2n) is 4.33. The molecular formula is C14H13BrN2O2. The molecule has 0 saturated carbocycles. The fourth-order valence-corrected chi connectivity index (χ4v) is 2.12. The summed E-state index contributed by atoms with van der Waals surface area (Å²) in [6, 6.07) is 6.98. The van der Waals surface area contributed by atoms with E-state index in [4.69, 9.17) is 0 Å². The van der Waals surface area contributed by atoms with Crippen molar-refractivity contribution in [3.63, 3.8) is 0 Å². The Morgan fingerprint density at radius 3 is 2.37 bits per heavy atom. The number of Topliss-reactive ketones (excluding diaryl/α,β-unsaturated/α-hetero) is 2. The van der Waals surface area contributed by atoms with E-state index in [0.717, 1.165) is 4.47 Å². The summed E-state index contributed by atoms with van der Waals surface area (Å²) in [4.78, 5) is 24.0. The first-order valence-corrected chi connectivity index (χ1v) is 6.59. The van der Waals surface area contributed by atoms with E-state index in [1.165, 1.54) is 0 Å². The number of aryl methyl sites for hydroxylation is 2. The van der Waals surface area contributed by atoms with Gasteiger partial charge in [0.15, 0.2) is 11.6 Å². The molecule has 1 aromatic carbocycles. The van der Waals surface area contributed by atoms with Gasteiger partial charge < -0.3 is 0 Å². The van der Waals surface area contributed by atoms with Crippen molar-refractivity contribution in [1.82, 2.24) is 9.78 Å². The first-order valence-electron chi connectivity index (χ1n) is 5.79. The summed E-state index contributed by atoms with van der Waals surface area (Å²) in [5.74, 6) is -0.376. The zero-order valence-electron chi connectivity index (χ0n) is 10.7. The number of hydrogen-bond donors (Lipinski definition) is 0. The van der Waals surface area contributed by atoms with Crippen LogP contribution in [0.5, 0.6) is 0 Å². The Kier molecular flexibility index (Phi) is 3.95. The molecule has 0 spiro atoms. The predicted molar refractivity (Wildman–Crippen MR) is 75.4 cm³/mol. The molecule has 0 atom stereocenters. The number of carbonyl (C=O) groups is 2. The maximum Gasteiger partial charge on any atom is 0.174 e. The van der Waals surface area contributed by atoms with E-state index >= 15 is 0 Å². The smallest absolute Gasteiger partial charge is 0.174 e. The van der Waals surface area contributed by atoms with Crippen molar-refractivity contribution in [2.24, 2.45) is 7.05 Å². The molecule has 98 valence electrons. The van der Waals surface area contributed by atoms with E-state index in [-0.39, 0.29) is 18.0 Å². The van der Waals surface area contributed by atoms with Crippen molar-refractivity contribution in [1.29, 1.82) is 0 Å². The number of benzene rings is 1. The molecule has 0 N–H and O–H groups in total. The van der Waals surface area contributed by atoms with Gasteiger partial charge in [0.05, 0.1) is 17.7 Å². The lowest BCUT2D eigenvalue weighted by atomic mass is 10.0. The number of halogens is 1. The van der Waals surface area contributed by atoms with E-state index in [1.807, 2.05) is 0 Å². The molecule has 0 fully saturated rings. The van der Waals surface area contributed by atoms with Crippen molar-refractivity contribution in [2.45, 2.75) is 13.3 Å². The molecule has 4 nitrogen and oxygen atoms in total. The molecule has 5 heteroatoms. The molecule has 2 rings (SSSR count). The quantitative estimate of drug-likeness (QED) is 0.643. The van der Waals surface area contributed by atoms with Crippen molar-refractivity contribution in [2.75, 3.05) is 0 Å². The van der Waals surface area contributed by atoms with Gasteiger partial charge >= 0.3 is 0 Å². The van der Waals surface area contributed by atoms with Crippen LogP contribution in [-0.4, -0.2) is 21.3 Å². The van der Waals surface area contributed by atoms with Gasteiger partial charge in [0.1, 0.15) is 0 Å². The summed E-state index contributed by atoms with van der Waals surface area (Å²) < 4.78 is 2.48. The zero-order chi connectivity index (χ0) is 14.0. The van der Waals surface area contributed by atoms with E-state index in [2.05, 4.69) is 21.0 Å². The van der Waals surface area contributed by atoms with Gasteiger partial charge in [0.25, 0.3) is 0 Å². The molecule has 19 heavy (non-hydrogen) atoms. The molecule has 0 aliphatic rings. The summed E-state index contributed by atoms with van der Waals surface area (Å²) >= 11 is 3.31. The van der Waals surface area contributed by atoms with E-state index in [9.17, 15) is 9.59 Å². The number of carbonyl (C=O) groups excluding carboxylic acids is 2. The lowest BCUT2D eigenvalue weighted by Gasteiger charge is -2.00. The van der Waals surface area contributed by atoms with Crippen LogP contribution >= 0.6 is 15.9 Å². The molecule has 0 amide bonds. The highest BCUT2D eigenvalue weighted by Crippen LogP contribution is 2.14. The second-order valence-corrected chi connectivity index (χ2v) is 5.25. The Morgan fingerprint density at radius 2 is 1.84 bits per heavy atom. The van der Waals surface area contributed by atoms with Crippen LogP contribution in [0.15, 0.2) is 34.9 Å². The minimum Gasteiger partial charge on any atom is -0.294 e. The highest BCUT2D eigenvalue weighted by molar-refractivity contribution is 9.10. The van der Waals surface area contributed by atoms with E-state index in [1.54, 1.807) is 49.1 Å². The maximum absolute atomic E-state index is 12.0. The second kappa shape index (κ2) is 5.48. The Morgan fingerprint density at radius 1 is 1.21 bits per heavy atom. The summed E-state index contributed by atoms with van der Waals surface area (Å²) in [5, 5.41) is 4.10. The largest absolute Gasteiger partial charge is 0.294 e. The van der Waals surface area contributed by atoms with E-state index < -0.39 is 0 Å². The fraction of sp³-hybridized carbons (Fsp3) is 0.214. The van der Waals surface area contributed by atoms with Crippen LogP contribution in [0.4, 0.5) is 0 Å². The summed E-state index contributed by atoms with van der Waals surface area (Å²) in [6.07, 6.45) is 1.51. The SMILES string of the molecule is Cc1nn(C)cc1C(=O)CC(=O)c1ccc(Br)cc1. The van der Waals surface area contributed by atoms with Crippen LogP contribution in [0.25, 0.3) is 0 Å². The molecule has 0 saturated heterocycles. The van der Waals surface area contributed by atoms with Crippen LogP contribution in [0, 0.1) is 6.92 Å². The Balaban J connectivity index is 2.13. The topological polar surface area (TPSA) is 52.0 Å². The van der Waals surface area contributed by atoms with Gasteiger partial charge in [-0.3, -0.25) is 14.3 Å². The fourth-order valence-electron chi connectivity index (χ4n) is 1.85. The molecule has 0 bridgehead atoms. The monoisotopic (exact) mass is 320 g/mol. The average molecular weight is 321 g/mol. The minimum atomic E-state index is -0.196. The van der Waals surface area contributed by atoms with Crippen molar-refractivity contribution >= 4 is 27.5 Å². The number of nitrogens with zero attached hydrogens (tertiary/aromatic N) is 2. The van der Waals surface area contributed by atoms with Crippen LogP contribution in [0.2, 0.25) is 0 Å². The molecule has 2 aromatic rings. The third kappa shape index (κ3) is 3.17. The van der Waals surface area contributed by atoms with Crippen LogP contribution in [0.1, 0.15) is 32.8 Å². The van der Waals surface area contributed by atoms with Gasteiger partial charge in [-0.1, -0.05) is 28.1 Å². The molecule has 0 radical (unpaired) electrons. The van der Waals surface area contributed by atoms with Gasteiger partial charge in [-0.2, -0.15) is 5.10 Å². The Hall–Kier alpha value is -1.75. The molecule has 0 aliphatic carbocycles. The summed E-state index contributed by atoms with van der Waals surface area (Å²) in [7, 11) is 1.75. The predicted octanol–water partition coefficient (Wildman–Crippen LogP) is 2.95. The lowest BCUT2D eigenvalue weighted by molar-refractivity contribution is 0.0894. The van der Waals surface area contributed by atoms with Gasteiger partial charge in [0.2, 0.25) is 0 Å². The highest BCUT2D eigenvalue weighted by atomic mass is 79.9. The standard InChI is InChI=1S/C14H13BrN2O2/c1-9-12(8-17(2)16-9)14(19)7-13(18)10-3-5-11(15)6-4-10/h3-6,8H,7H2,1-2H3. The third-order valence-corrected chi connectivity index (χ3v) is 3.33. The first kappa shape index (κ1) is 13.7. The number of hydrogen-bond acceptors (Lipinski definition) is 3. The van der Waals surface area contributed by atoms with Crippen LogP contribution < -0.4 is 0 Å². The van der Waals surface area contributed by atoms with Gasteiger partial charge in [-0.05, 0) is 19.1 Å². The van der Waals surface area contributed by atoms with Crippen molar-refractivity contribution < 1.29 is 9.59 Å². The lowest BCUT2D eigenvalue weighted by Crippen LogP contribution is -2.09. The molecule has 1 aromatic heterocycles. The molecule has 0 aliphatic heterocycles. The molecule has 1 heterocycles. The highest BCUT2D eigenvalue weighted by Gasteiger charge is 2.17. The van der Waals surface area contributed by atoms with Crippen LogP contribution in [-0.2, 0) is 7.05 Å². The first-order chi connectivity index (χ1) is 8.97. The van der Waals surface area contributed by atoms with Crippen molar-refractivity contribution in [3.8, 4) is 0 Å². The van der Waals surface area contributed by atoms with Gasteiger partial charge in [-0.25, -0.2) is 0 Å². The van der Waals surface area contributed by atoms with E-state index in [0.29, 0.717) is 16.8 Å². The van der Waals surface area contributed by atoms with Gasteiger partial charge in [0, 0.05) is 23.3 Å². The summed E-state index contributed by atoms with van der Waals surface area (Å²) in [6.45, 7) is 1.76. The third-order valence-electron chi connectivity index (χ3n) is 2.80. The zero-order valence-corrected chi connectivity index (χ0v) is 12.3. The minimum absolute atomic E-state index is 0.131. The van der Waals surface area contributed by atoms with Crippen molar-refractivity contribution in [3.05, 3.63) is 51.8 Å². The number of aromatic nitrogens is 2.